The van der Waals surface area contributed by atoms with E-state index in [1.165, 1.54) is 18.3 Å². The molecule has 0 radical (unpaired) electrons. The number of hydrazine groups is 1. The summed E-state index contributed by atoms with van der Waals surface area (Å²) in [5.41, 5.74) is 6.84. The summed E-state index contributed by atoms with van der Waals surface area (Å²) in [5.74, 6) is -0.123. The van der Waals surface area contributed by atoms with Gasteiger partial charge < -0.3 is 15.5 Å². The number of hydrogen-bond acceptors (Lipinski definition) is 5. The van der Waals surface area contributed by atoms with Crippen molar-refractivity contribution >= 4 is 29.2 Å². The molecule has 1 fully saturated rings. The summed E-state index contributed by atoms with van der Waals surface area (Å²) in [5, 5.41) is 5.47. The van der Waals surface area contributed by atoms with Crippen LogP contribution < -0.4 is 21.5 Å². The molecule has 0 saturated carbocycles. The molecule has 0 bridgehead atoms. The molecule has 1 aliphatic heterocycles. The summed E-state index contributed by atoms with van der Waals surface area (Å²) in [7, 11) is 0. The lowest BCUT2D eigenvalue weighted by atomic mass is 10.1. The summed E-state index contributed by atoms with van der Waals surface area (Å²) in [6.45, 7) is 5.24. The molecule has 1 saturated heterocycles. The number of benzene rings is 1. The van der Waals surface area contributed by atoms with Gasteiger partial charge in [-0.1, -0.05) is 0 Å². The third-order valence-corrected chi connectivity index (χ3v) is 4.93. The van der Waals surface area contributed by atoms with Gasteiger partial charge in [0.15, 0.2) is 0 Å². The Labute approximate surface area is 184 Å². The van der Waals surface area contributed by atoms with Crippen LogP contribution in [0.5, 0.6) is 0 Å². The van der Waals surface area contributed by atoms with Crippen molar-refractivity contribution in [2.24, 2.45) is 0 Å². The number of carbonyl (C=O) groups excluding carboxylic acids is 2. The second-order valence-electron chi connectivity index (χ2n) is 7.87. The van der Waals surface area contributed by atoms with E-state index in [1.54, 1.807) is 27.8 Å². The van der Waals surface area contributed by atoms with Gasteiger partial charge in [0, 0.05) is 42.8 Å². The minimum absolute atomic E-state index is 0.0864. The van der Waals surface area contributed by atoms with Gasteiger partial charge in [-0.3, -0.25) is 9.83 Å². The molecular formula is C21H25FN8O2. The molecule has 32 heavy (non-hydrogen) atoms. The van der Waals surface area contributed by atoms with Crippen LogP contribution in [0.15, 0.2) is 36.8 Å². The molecule has 0 unspecified atom stereocenters. The van der Waals surface area contributed by atoms with Crippen molar-refractivity contribution in [3.63, 3.8) is 0 Å². The predicted octanol–water partition coefficient (Wildman–Crippen LogP) is 3.20. The van der Waals surface area contributed by atoms with Crippen LogP contribution >= 0.6 is 0 Å². The van der Waals surface area contributed by atoms with Crippen molar-refractivity contribution < 1.29 is 14.0 Å². The Kier molecular flexibility index (Phi) is 6.17. The van der Waals surface area contributed by atoms with Crippen LogP contribution in [0, 0.1) is 5.82 Å². The lowest BCUT2D eigenvalue weighted by Crippen LogP contribution is -2.43. The molecule has 3 heterocycles. The van der Waals surface area contributed by atoms with Gasteiger partial charge in [-0.05, 0) is 44.9 Å². The Hall–Kier alpha value is -3.73. The first-order valence-electron chi connectivity index (χ1n) is 10.4. The van der Waals surface area contributed by atoms with E-state index in [0.717, 1.165) is 25.9 Å². The number of halogens is 1. The number of carbonyl (C=O) groups is 2. The molecule has 3 aromatic rings. The van der Waals surface area contributed by atoms with Crippen molar-refractivity contribution in [3.05, 3.63) is 42.6 Å². The van der Waals surface area contributed by atoms with Crippen LogP contribution in [0.4, 0.5) is 25.4 Å². The summed E-state index contributed by atoms with van der Waals surface area (Å²) >= 11 is 0. The Balaban J connectivity index is 1.52. The molecule has 0 aliphatic carbocycles. The van der Waals surface area contributed by atoms with Gasteiger partial charge in [-0.25, -0.2) is 29.4 Å². The highest BCUT2D eigenvalue weighted by molar-refractivity contribution is 5.90. The zero-order valence-corrected chi connectivity index (χ0v) is 17.9. The molecule has 4 rings (SSSR count). The van der Waals surface area contributed by atoms with Crippen molar-refractivity contribution in [2.75, 3.05) is 23.7 Å². The van der Waals surface area contributed by atoms with E-state index in [9.17, 15) is 14.0 Å². The summed E-state index contributed by atoms with van der Waals surface area (Å²) in [4.78, 5) is 34.6. The number of hydrogen-bond donors (Lipinski definition) is 4. The van der Waals surface area contributed by atoms with E-state index in [0.29, 0.717) is 22.8 Å². The van der Waals surface area contributed by atoms with E-state index in [-0.39, 0.29) is 17.6 Å². The van der Waals surface area contributed by atoms with Crippen LogP contribution in [0.1, 0.15) is 26.7 Å². The summed E-state index contributed by atoms with van der Waals surface area (Å²) in [6.07, 6.45) is 6.68. The number of fused-ring (bicyclic) bond motifs is 1. The van der Waals surface area contributed by atoms with Gasteiger partial charge in [0.25, 0.3) is 0 Å². The van der Waals surface area contributed by atoms with E-state index in [1.807, 2.05) is 13.8 Å². The van der Waals surface area contributed by atoms with Crippen molar-refractivity contribution in [1.82, 2.24) is 30.1 Å². The van der Waals surface area contributed by atoms with E-state index in [2.05, 4.69) is 31.5 Å². The van der Waals surface area contributed by atoms with Crippen LogP contribution in [-0.2, 0) is 0 Å². The maximum Gasteiger partial charge on any atom is 0.333 e. The maximum absolute atomic E-state index is 14.6. The normalized spacial score (nSPS) is 13.6. The Morgan fingerprint density at radius 3 is 2.62 bits per heavy atom. The lowest BCUT2D eigenvalue weighted by molar-refractivity contribution is 0.222. The number of imidazole rings is 1. The topological polar surface area (TPSA) is 116 Å². The van der Waals surface area contributed by atoms with Gasteiger partial charge in [0.1, 0.15) is 5.82 Å². The minimum atomic E-state index is -0.468. The molecule has 1 aromatic carbocycles. The Morgan fingerprint density at radius 2 is 1.88 bits per heavy atom. The number of nitrogens with one attached hydrogen (secondary N) is 4. The molecular weight excluding hydrogens is 415 g/mol. The van der Waals surface area contributed by atoms with Crippen LogP contribution in [-0.4, -0.2) is 50.5 Å². The number of amides is 4. The second-order valence-corrected chi connectivity index (χ2v) is 7.87. The van der Waals surface area contributed by atoms with Crippen LogP contribution in [0.2, 0.25) is 0 Å². The molecule has 4 N–H and O–H groups in total. The predicted molar refractivity (Wildman–Crippen MR) is 119 cm³/mol. The lowest BCUT2D eigenvalue weighted by Gasteiger charge is -2.16. The van der Waals surface area contributed by atoms with Gasteiger partial charge in [0.05, 0.1) is 17.6 Å². The largest absolute Gasteiger partial charge is 0.333 e. The van der Waals surface area contributed by atoms with Crippen molar-refractivity contribution in [3.8, 4) is 11.3 Å². The summed E-state index contributed by atoms with van der Waals surface area (Å²) in [6, 6.07) is 3.82. The average Bonchev–Trinajstić information content (AvgIpc) is 3.43. The molecule has 2 aromatic heterocycles. The monoisotopic (exact) mass is 440 g/mol. The fraction of sp³-hybridized carbons (Fsp3) is 0.333. The molecule has 11 heteroatoms. The van der Waals surface area contributed by atoms with E-state index >= 15 is 0 Å². The summed E-state index contributed by atoms with van der Waals surface area (Å²) < 4.78 is 16.2. The Bertz CT molecular complexity index is 1140. The third-order valence-electron chi connectivity index (χ3n) is 4.93. The fourth-order valence-corrected chi connectivity index (χ4v) is 3.37. The first-order valence-corrected chi connectivity index (χ1v) is 10.4. The highest BCUT2D eigenvalue weighted by Crippen LogP contribution is 2.26. The quantitative estimate of drug-likeness (QED) is 0.455. The third kappa shape index (κ3) is 4.94. The number of urea groups is 2. The molecule has 10 nitrogen and oxygen atoms in total. The number of anilines is 2. The Morgan fingerprint density at radius 1 is 1.09 bits per heavy atom. The molecule has 0 spiro atoms. The van der Waals surface area contributed by atoms with E-state index < -0.39 is 11.8 Å². The van der Waals surface area contributed by atoms with Gasteiger partial charge in [-0.15, -0.1) is 0 Å². The van der Waals surface area contributed by atoms with Gasteiger partial charge >= 0.3 is 12.1 Å². The molecule has 4 amide bonds. The smallest absolute Gasteiger partial charge is 0.325 e. The molecule has 1 aliphatic rings. The number of likely N-dealkylation sites (tertiary alicyclic amines) is 1. The fourth-order valence-electron chi connectivity index (χ4n) is 3.37. The standard InChI is InChI=1S/C21H25FN8O2/c1-13(2)27-28-20(31)24-15-10-23-19-26-18(12-30(19)11-15)16-9-14(5-6-17(16)22)25-21(32)29-7-3-4-8-29/h5-6,9-13,27H,3-4,7-8H2,1-2H3,(H,25,32)(H2,24,28,31). The highest BCUT2D eigenvalue weighted by Gasteiger charge is 2.19. The first-order chi connectivity index (χ1) is 15.4. The number of nitrogens with zero attached hydrogens (tertiary/aromatic N) is 4. The second kappa shape index (κ2) is 9.18. The highest BCUT2D eigenvalue weighted by atomic mass is 19.1. The van der Waals surface area contributed by atoms with E-state index in [4.69, 9.17) is 0 Å². The van der Waals surface area contributed by atoms with Crippen LogP contribution in [0.3, 0.4) is 0 Å². The number of aromatic nitrogens is 3. The molecule has 168 valence electrons. The first kappa shape index (κ1) is 21.5. The van der Waals surface area contributed by atoms with Crippen molar-refractivity contribution in [1.29, 1.82) is 0 Å². The van der Waals surface area contributed by atoms with Crippen LogP contribution in [0.25, 0.3) is 17.0 Å². The minimum Gasteiger partial charge on any atom is -0.325 e. The SMILES string of the molecule is CC(C)NNC(=O)Nc1cnc2nc(-c3cc(NC(=O)N4CCCC4)ccc3F)cn2c1. The number of rotatable bonds is 5. The zero-order valence-electron chi connectivity index (χ0n) is 17.9. The molecule has 0 atom stereocenters. The zero-order chi connectivity index (χ0) is 22.7. The van der Waals surface area contributed by atoms with Gasteiger partial charge in [-0.2, -0.15) is 0 Å². The van der Waals surface area contributed by atoms with Crippen molar-refractivity contribution in [2.45, 2.75) is 32.7 Å². The van der Waals surface area contributed by atoms with Gasteiger partial charge in [0.2, 0.25) is 5.78 Å². The average molecular weight is 440 g/mol. The maximum atomic E-state index is 14.6.